The number of nitrogens with zero attached hydrogens (tertiary/aromatic N) is 1. The molecule has 0 radical (unpaired) electrons. The Morgan fingerprint density at radius 3 is 2.88 bits per heavy atom. The fourth-order valence-corrected chi connectivity index (χ4v) is 3.76. The number of hydrogen-bond donors (Lipinski definition) is 0. The minimum Gasteiger partial charge on any atom is -0.548 e. The maximum absolute atomic E-state index is 12.2. The molecule has 5 nitrogen and oxygen atoms in total. The van der Waals surface area contributed by atoms with Crippen LogP contribution in [0.25, 0.3) is 17.4 Å². The second-order valence-electron chi connectivity index (χ2n) is 4.85. The number of carbonyl (C=O) groups is 2. The van der Waals surface area contributed by atoms with Gasteiger partial charge in [-0.1, -0.05) is 52.0 Å². The lowest BCUT2D eigenvalue weighted by molar-refractivity contribution is -0.305. The predicted molar refractivity (Wildman–Crippen MR) is 96.7 cm³/mol. The average molecular weight is 423 g/mol. The summed E-state index contributed by atoms with van der Waals surface area (Å²) in [5.74, 6) is -0.677. The van der Waals surface area contributed by atoms with Gasteiger partial charge in [0.05, 0.1) is 17.4 Å². The maximum Gasteiger partial charge on any atom is 0.266 e. The van der Waals surface area contributed by atoms with Crippen molar-refractivity contribution in [2.24, 2.45) is 0 Å². The summed E-state index contributed by atoms with van der Waals surface area (Å²) in [4.78, 5) is 24.2. The summed E-state index contributed by atoms with van der Waals surface area (Å²) >= 11 is 9.47. The van der Waals surface area contributed by atoms with E-state index in [0.717, 1.165) is 26.7 Å². The first-order valence-electron chi connectivity index (χ1n) is 6.75. The second-order valence-corrected chi connectivity index (χ2v) is 7.44. The summed E-state index contributed by atoms with van der Waals surface area (Å²) in [6.07, 6.45) is 1.55. The lowest BCUT2D eigenvalue weighted by atomic mass is 10.2. The summed E-state index contributed by atoms with van der Waals surface area (Å²) in [5.41, 5.74) is 0.897. The van der Waals surface area contributed by atoms with Crippen LogP contribution in [-0.4, -0.2) is 27.6 Å². The first kappa shape index (κ1) is 16.9. The third-order valence-corrected chi connectivity index (χ3v) is 5.04. The number of amides is 1. The number of benzene rings is 1. The van der Waals surface area contributed by atoms with Gasteiger partial charge in [0.15, 0.2) is 0 Å². The Morgan fingerprint density at radius 2 is 2.17 bits per heavy atom. The van der Waals surface area contributed by atoms with Crippen molar-refractivity contribution in [3.05, 3.63) is 51.5 Å². The van der Waals surface area contributed by atoms with E-state index in [0.29, 0.717) is 16.4 Å². The second kappa shape index (κ2) is 6.92. The van der Waals surface area contributed by atoms with Gasteiger partial charge in [-0.15, -0.1) is 0 Å². The maximum atomic E-state index is 12.2. The molecule has 0 atom stereocenters. The van der Waals surface area contributed by atoms with Crippen molar-refractivity contribution in [3.8, 4) is 11.3 Å². The van der Waals surface area contributed by atoms with E-state index in [1.54, 1.807) is 18.2 Å². The molecule has 0 saturated carbocycles. The molecular weight excluding hydrogens is 414 g/mol. The van der Waals surface area contributed by atoms with Gasteiger partial charge in [-0.25, -0.2) is 0 Å². The first-order valence-corrected chi connectivity index (χ1v) is 8.77. The summed E-state index contributed by atoms with van der Waals surface area (Å²) in [7, 11) is 0. The van der Waals surface area contributed by atoms with E-state index in [2.05, 4.69) is 15.9 Å². The highest BCUT2D eigenvalue weighted by Gasteiger charge is 2.32. The molecule has 0 unspecified atom stereocenters. The SMILES string of the molecule is O=C([O-])CN1C(=O)/C(=C\c2ccc(-c3cccc(Br)c3)o2)SC1=S. The van der Waals surface area contributed by atoms with Gasteiger partial charge in [-0.05, 0) is 24.3 Å². The van der Waals surface area contributed by atoms with Crippen LogP contribution in [0.2, 0.25) is 0 Å². The Hall–Kier alpha value is -1.90. The van der Waals surface area contributed by atoms with Crippen molar-refractivity contribution in [2.75, 3.05) is 6.54 Å². The van der Waals surface area contributed by atoms with Gasteiger partial charge in [0.2, 0.25) is 0 Å². The van der Waals surface area contributed by atoms with E-state index in [4.69, 9.17) is 16.6 Å². The molecule has 2 heterocycles. The number of rotatable bonds is 4. The molecule has 24 heavy (non-hydrogen) atoms. The van der Waals surface area contributed by atoms with Crippen LogP contribution in [0.4, 0.5) is 0 Å². The zero-order valence-corrected chi connectivity index (χ0v) is 15.2. The summed E-state index contributed by atoms with van der Waals surface area (Å²) in [5, 5.41) is 10.7. The number of carboxylic acids is 1. The van der Waals surface area contributed by atoms with Crippen molar-refractivity contribution in [1.82, 2.24) is 4.90 Å². The van der Waals surface area contributed by atoms with E-state index < -0.39 is 18.4 Å². The molecule has 122 valence electrons. The average Bonchev–Trinajstić information content (AvgIpc) is 3.08. The molecule has 2 aromatic rings. The number of thioether (sulfide) groups is 1. The van der Waals surface area contributed by atoms with E-state index in [9.17, 15) is 14.7 Å². The lowest BCUT2D eigenvalue weighted by Gasteiger charge is -2.14. The fraction of sp³-hybridized carbons (Fsp3) is 0.0625. The first-order chi connectivity index (χ1) is 11.4. The highest BCUT2D eigenvalue weighted by molar-refractivity contribution is 9.10. The van der Waals surface area contributed by atoms with Gasteiger partial charge in [-0.2, -0.15) is 0 Å². The van der Waals surface area contributed by atoms with E-state index >= 15 is 0 Å². The minimum absolute atomic E-state index is 0.189. The molecular formula is C16H9BrNO4S2-. The fourth-order valence-electron chi connectivity index (χ4n) is 2.12. The van der Waals surface area contributed by atoms with Crippen molar-refractivity contribution < 1.29 is 19.1 Å². The highest BCUT2D eigenvalue weighted by atomic mass is 79.9. The van der Waals surface area contributed by atoms with Gasteiger partial charge in [0.1, 0.15) is 15.8 Å². The number of carboxylic acid groups (broad SMARTS) is 1. The van der Waals surface area contributed by atoms with Crippen LogP contribution in [0, 0.1) is 0 Å². The largest absolute Gasteiger partial charge is 0.548 e. The molecule has 0 N–H and O–H groups in total. The molecule has 1 aliphatic rings. The van der Waals surface area contributed by atoms with Gasteiger partial charge in [-0.3, -0.25) is 9.69 Å². The third-order valence-electron chi connectivity index (χ3n) is 3.17. The Bertz CT molecular complexity index is 874. The zero-order valence-electron chi connectivity index (χ0n) is 12.0. The van der Waals surface area contributed by atoms with Crippen LogP contribution in [0.3, 0.4) is 0 Å². The van der Waals surface area contributed by atoms with Gasteiger partial charge in [0, 0.05) is 16.1 Å². The minimum atomic E-state index is -1.36. The summed E-state index contributed by atoms with van der Waals surface area (Å²) < 4.78 is 6.85. The normalized spacial score (nSPS) is 16.2. The van der Waals surface area contributed by atoms with Crippen LogP contribution in [-0.2, 0) is 9.59 Å². The van der Waals surface area contributed by atoms with Crippen LogP contribution >= 0.6 is 39.9 Å². The quantitative estimate of drug-likeness (QED) is 0.556. The Morgan fingerprint density at radius 1 is 1.38 bits per heavy atom. The molecule has 8 heteroatoms. The molecule has 1 aromatic heterocycles. The van der Waals surface area contributed by atoms with Crippen LogP contribution in [0.5, 0.6) is 0 Å². The van der Waals surface area contributed by atoms with Gasteiger partial charge in [0.25, 0.3) is 5.91 Å². The number of halogens is 1. The molecule has 1 aromatic carbocycles. The topological polar surface area (TPSA) is 73.6 Å². The molecule has 0 spiro atoms. The van der Waals surface area contributed by atoms with Crippen molar-refractivity contribution >= 4 is 62.2 Å². The van der Waals surface area contributed by atoms with E-state index in [-0.39, 0.29) is 4.32 Å². The number of hydrogen-bond acceptors (Lipinski definition) is 6. The van der Waals surface area contributed by atoms with Crippen LogP contribution in [0.1, 0.15) is 5.76 Å². The number of carbonyl (C=O) groups excluding carboxylic acids is 2. The number of thiocarbonyl (C=S) groups is 1. The number of furan rings is 1. The molecule has 1 saturated heterocycles. The lowest BCUT2D eigenvalue weighted by Crippen LogP contribution is -2.40. The van der Waals surface area contributed by atoms with Crippen molar-refractivity contribution in [3.63, 3.8) is 0 Å². The zero-order chi connectivity index (χ0) is 17.3. The summed E-state index contributed by atoms with van der Waals surface area (Å²) in [6.45, 7) is -0.552. The van der Waals surface area contributed by atoms with Crippen molar-refractivity contribution in [2.45, 2.75) is 0 Å². The van der Waals surface area contributed by atoms with Gasteiger partial charge >= 0.3 is 0 Å². The molecule has 0 bridgehead atoms. The molecule has 1 amide bonds. The molecule has 0 aliphatic carbocycles. The monoisotopic (exact) mass is 422 g/mol. The Balaban J connectivity index is 1.84. The third kappa shape index (κ3) is 3.61. The Kier molecular flexibility index (Phi) is 4.88. The highest BCUT2D eigenvalue weighted by Crippen LogP contribution is 2.33. The van der Waals surface area contributed by atoms with Crippen LogP contribution < -0.4 is 5.11 Å². The smallest absolute Gasteiger partial charge is 0.266 e. The van der Waals surface area contributed by atoms with E-state index in [1.165, 1.54) is 0 Å². The molecule has 1 fully saturated rings. The number of aliphatic carboxylic acids is 1. The standard InChI is InChI=1S/C16H10BrNO4S2/c17-10-3-1-2-9(6-10)12-5-4-11(22-12)7-13-15(21)18(8-14(19)20)16(23)24-13/h1-7H,8H2,(H,19,20)/p-1/b13-7+. The summed E-state index contributed by atoms with van der Waals surface area (Å²) in [6, 6.07) is 11.2. The predicted octanol–water partition coefficient (Wildman–Crippen LogP) is 2.66. The van der Waals surface area contributed by atoms with E-state index in [1.807, 2.05) is 24.3 Å². The van der Waals surface area contributed by atoms with Gasteiger partial charge < -0.3 is 14.3 Å². The molecule has 1 aliphatic heterocycles. The molecule has 3 rings (SSSR count). The van der Waals surface area contributed by atoms with Crippen LogP contribution in [0.15, 0.2) is 50.2 Å². The Labute approximate surface area is 155 Å². The van der Waals surface area contributed by atoms with Crippen molar-refractivity contribution in [1.29, 1.82) is 0 Å².